The summed E-state index contributed by atoms with van der Waals surface area (Å²) in [4.78, 5) is 18.8. The van der Waals surface area contributed by atoms with Crippen LogP contribution in [-0.4, -0.2) is 46.5 Å². The molecule has 0 aliphatic carbocycles. The smallest absolute Gasteiger partial charge is 0.340 e. The van der Waals surface area contributed by atoms with E-state index in [0.717, 1.165) is 24.3 Å². The third-order valence-corrected chi connectivity index (χ3v) is 4.38. The van der Waals surface area contributed by atoms with Gasteiger partial charge in [0.25, 0.3) is 0 Å². The lowest BCUT2D eigenvalue weighted by molar-refractivity contribution is 0.0602. The second-order valence-electron chi connectivity index (χ2n) is 5.47. The Morgan fingerprint density at radius 2 is 2.38 bits per heavy atom. The van der Waals surface area contributed by atoms with Gasteiger partial charge in [-0.05, 0) is 38.1 Å². The summed E-state index contributed by atoms with van der Waals surface area (Å²) in [5.74, 6) is 0.698. The van der Waals surface area contributed by atoms with Crippen LogP contribution in [0.25, 0.3) is 5.52 Å². The van der Waals surface area contributed by atoms with Crippen molar-refractivity contribution in [1.82, 2.24) is 14.3 Å². The zero-order chi connectivity index (χ0) is 14.8. The SMILES string of the molecule is CCN1CCCC1Cc1ncc2c(C(=O)OC)cccn12. The highest BCUT2D eigenvalue weighted by Gasteiger charge is 2.25. The molecule has 1 fully saturated rings. The quantitative estimate of drug-likeness (QED) is 0.808. The predicted octanol–water partition coefficient (Wildman–Crippen LogP) is 2.15. The van der Waals surface area contributed by atoms with Crippen LogP contribution in [-0.2, 0) is 11.2 Å². The summed E-state index contributed by atoms with van der Waals surface area (Å²) in [6.07, 6.45) is 7.14. The van der Waals surface area contributed by atoms with Crippen molar-refractivity contribution >= 4 is 11.5 Å². The number of hydrogen-bond acceptors (Lipinski definition) is 4. The summed E-state index contributed by atoms with van der Waals surface area (Å²) in [5, 5.41) is 0. The molecule has 0 aromatic carbocycles. The lowest BCUT2D eigenvalue weighted by Gasteiger charge is -2.22. The van der Waals surface area contributed by atoms with Crippen molar-refractivity contribution in [3.8, 4) is 0 Å². The van der Waals surface area contributed by atoms with Crippen molar-refractivity contribution in [2.24, 2.45) is 0 Å². The Hall–Kier alpha value is -1.88. The molecule has 21 heavy (non-hydrogen) atoms. The number of aromatic nitrogens is 2. The van der Waals surface area contributed by atoms with Crippen molar-refractivity contribution in [3.63, 3.8) is 0 Å². The molecule has 3 rings (SSSR count). The Labute approximate surface area is 124 Å². The van der Waals surface area contributed by atoms with Crippen LogP contribution in [0, 0.1) is 0 Å². The van der Waals surface area contributed by atoms with Gasteiger partial charge in [-0.15, -0.1) is 0 Å². The zero-order valence-electron chi connectivity index (χ0n) is 12.6. The average Bonchev–Trinajstić information content (AvgIpc) is 3.13. The number of likely N-dealkylation sites (N-methyl/N-ethyl adjacent to an activating group) is 1. The van der Waals surface area contributed by atoms with Crippen LogP contribution in [0.2, 0.25) is 0 Å². The number of rotatable bonds is 4. The average molecular weight is 287 g/mol. The molecule has 5 nitrogen and oxygen atoms in total. The summed E-state index contributed by atoms with van der Waals surface area (Å²) >= 11 is 0. The maximum atomic E-state index is 11.8. The number of esters is 1. The molecule has 0 spiro atoms. The largest absolute Gasteiger partial charge is 0.465 e. The number of pyridine rings is 1. The fourth-order valence-electron chi connectivity index (χ4n) is 3.26. The number of methoxy groups -OCH3 is 1. The third-order valence-electron chi connectivity index (χ3n) is 4.38. The van der Waals surface area contributed by atoms with Gasteiger partial charge in [-0.1, -0.05) is 6.92 Å². The van der Waals surface area contributed by atoms with Crippen molar-refractivity contribution in [1.29, 1.82) is 0 Å². The van der Waals surface area contributed by atoms with Crippen molar-refractivity contribution in [3.05, 3.63) is 35.9 Å². The van der Waals surface area contributed by atoms with E-state index in [0.29, 0.717) is 11.6 Å². The first-order valence-corrected chi connectivity index (χ1v) is 7.52. The Morgan fingerprint density at radius 3 is 3.14 bits per heavy atom. The van der Waals surface area contributed by atoms with Crippen LogP contribution in [0.15, 0.2) is 24.5 Å². The van der Waals surface area contributed by atoms with Crippen LogP contribution in [0.5, 0.6) is 0 Å². The Kier molecular flexibility index (Phi) is 3.92. The van der Waals surface area contributed by atoms with Gasteiger partial charge in [0.1, 0.15) is 5.82 Å². The molecule has 1 aliphatic rings. The molecule has 112 valence electrons. The van der Waals surface area contributed by atoms with Gasteiger partial charge in [-0.2, -0.15) is 0 Å². The van der Waals surface area contributed by atoms with Crippen LogP contribution >= 0.6 is 0 Å². The van der Waals surface area contributed by atoms with Crippen LogP contribution in [0.3, 0.4) is 0 Å². The highest BCUT2D eigenvalue weighted by Crippen LogP contribution is 2.22. The van der Waals surface area contributed by atoms with E-state index in [1.165, 1.54) is 26.5 Å². The number of carbonyl (C=O) groups is 1. The van der Waals surface area contributed by atoms with Gasteiger partial charge in [0, 0.05) is 18.7 Å². The summed E-state index contributed by atoms with van der Waals surface area (Å²) in [6, 6.07) is 4.21. The standard InChI is InChI=1S/C16H21N3O2/c1-3-18-8-4-6-12(18)10-15-17-11-14-13(16(20)21-2)7-5-9-19(14)15/h5,7,9,11-12H,3-4,6,8,10H2,1-2H3. The molecular formula is C16H21N3O2. The molecule has 0 bridgehead atoms. The summed E-state index contributed by atoms with van der Waals surface area (Å²) in [7, 11) is 1.40. The summed E-state index contributed by atoms with van der Waals surface area (Å²) in [6.45, 7) is 4.47. The second kappa shape index (κ2) is 5.85. The lowest BCUT2D eigenvalue weighted by Crippen LogP contribution is -2.31. The zero-order valence-corrected chi connectivity index (χ0v) is 12.6. The lowest BCUT2D eigenvalue weighted by atomic mass is 10.1. The van der Waals surface area contributed by atoms with Gasteiger partial charge in [-0.3, -0.25) is 0 Å². The van der Waals surface area contributed by atoms with E-state index in [4.69, 9.17) is 4.74 Å². The van der Waals surface area contributed by atoms with Crippen LogP contribution < -0.4 is 0 Å². The van der Waals surface area contributed by atoms with Gasteiger partial charge >= 0.3 is 5.97 Å². The van der Waals surface area contributed by atoms with E-state index in [2.05, 4.69) is 16.8 Å². The van der Waals surface area contributed by atoms with E-state index in [-0.39, 0.29) is 5.97 Å². The Morgan fingerprint density at radius 1 is 1.52 bits per heavy atom. The van der Waals surface area contributed by atoms with Gasteiger partial charge in [-0.25, -0.2) is 9.78 Å². The molecule has 2 aromatic rings. The maximum Gasteiger partial charge on any atom is 0.340 e. The molecule has 0 N–H and O–H groups in total. The summed E-state index contributed by atoms with van der Waals surface area (Å²) < 4.78 is 6.85. The Bertz CT molecular complexity index is 650. The van der Waals surface area contributed by atoms with Gasteiger partial charge in [0.2, 0.25) is 0 Å². The van der Waals surface area contributed by atoms with Gasteiger partial charge < -0.3 is 14.0 Å². The molecule has 0 saturated carbocycles. The van der Waals surface area contributed by atoms with Crippen molar-refractivity contribution < 1.29 is 9.53 Å². The van der Waals surface area contributed by atoms with E-state index in [1.807, 2.05) is 16.7 Å². The van der Waals surface area contributed by atoms with Crippen molar-refractivity contribution in [2.45, 2.75) is 32.2 Å². The van der Waals surface area contributed by atoms with Crippen LogP contribution in [0.1, 0.15) is 35.9 Å². The third kappa shape index (κ3) is 2.53. The second-order valence-corrected chi connectivity index (χ2v) is 5.47. The molecule has 1 atom stereocenters. The molecule has 0 radical (unpaired) electrons. The molecular weight excluding hydrogens is 266 g/mol. The number of fused-ring (bicyclic) bond motifs is 1. The molecule has 1 aliphatic heterocycles. The number of hydrogen-bond donors (Lipinski definition) is 0. The van der Waals surface area contributed by atoms with Crippen molar-refractivity contribution in [2.75, 3.05) is 20.2 Å². The fourth-order valence-corrected chi connectivity index (χ4v) is 3.26. The first-order chi connectivity index (χ1) is 10.2. The Balaban J connectivity index is 1.92. The minimum absolute atomic E-state index is 0.317. The fraction of sp³-hybridized carbons (Fsp3) is 0.500. The molecule has 2 aromatic heterocycles. The first kappa shape index (κ1) is 14.1. The number of imidazole rings is 1. The number of ether oxygens (including phenoxy) is 1. The molecule has 1 saturated heterocycles. The molecule has 3 heterocycles. The summed E-state index contributed by atoms with van der Waals surface area (Å²) in [5.41, 5.74) is 1.39. The predicted molar refractivity (Wildman–Crippen MR) is 80.5 cm³/mol. The van der Waals surface area contributed by atoms with Gasteiger partial charge in [0.05, 0.1) is 24.4 Å². The number of nitrogens with zero attached hydrogens (tertiary/aromatic N) is 3. The number of likely N-dealkylation sites (tertiary alicyclic amines) is 1. The topological polar surface area (TPSA) is 46.8 Å². The van der Waals surface area contributed by atoms with E-state index in [9.17, 15) is 4.79 Å². The molecule has 5 heteroatoms. The first-order valence-electron chi connectivity index (χ1n) is 7.52. The highest BCUT2D eigenvalue weighted by molar-refractivity contribution is 5.96. The van der Waals surface area contributed by atoms with E-state index < -0.39 is 0 Å². The van der Waals surface area contributed by atoms with Gasteiger partial charge in [0.15, 0.2) is 0 Å². The minimum atomic E-state index is -0.317. The monoisotopic (exact) mass is 287 g/mol. The van der Waals surface area contributed by atoms with Crippen LogP contribution in [0.4, 0.5) is 0 Å². The minimum Gasteiger partial charge on any atom is -0.465 e. The molecule has 0 amide bonds. The number of carbonyl (C=O) groups excluding carboxylic acids is 1. The van der Waals surface area contributed by atoms with E-state index >= 15 is 0 Å². The normalized spacial score (nSPS) is 19.2. The van der Waals surface area contributed by atoms with E-state index in [1.54, 1.807) is 12.3 Å². The highest BCUT2D eigenvalue weighted by atomic mass is 16.5. The molecule has 1 unspecified atom stereocenters. The maximum absolute atomic E-state index is 11.8.